The summed E-state index contributed by atoms with van der Waals surface area (Å²) in [5.74, 6) is 2.02. The number of fused-ring (bicyclic) bond motifs is 7. The quantitative estimate of drug-likeness (QED) is 0.773. The minimum Gasteiger partial charge on any atom is -0.390 e. The van der Waals surface area contributed by atoms with E-state index in [-0.39, 0.29) is 12.0 Å². The van der Waals surface area contributed by atoms with Gasteiger partial charge in [0.2, 0.25) is 0 Å². The molecule has 5 heteroatoms. The van der Waals surface area contributed by atoms with Crippen LogP contribution >= 0.6 is 11.8 Å². The summed E-state index contributed by atoms with van der Waals surface area (Å²) >= 11 is 1.86. The molecule has 3 rings (SSSR count). The van der Waals surface area contributed by atoms with E-state index in [0.29, 0.717) is 6.61 Å². The number of rotatable bonds is 4. The van der Waals surface area contributed by atoms with Crippen LogP contribution in [0.4, 0.5) is 0 Å². The first-order valence-electron chi connectivity index (χ1n) is 7.45. The first-order chi connectivity index (χ1) is 9.24. The number of aliphatic hydroxyl groups excluding tert-OH is 2. The lowest BCUT2D eigenvalue weighted by molar-refractivity contribution is -0.284. The summed E-state index contributed by atoms with van der Waals surface area (Å²) in [6.45, 7) is 2.77. The van der Waals surface area contributed by atoms with E-state index >= 15 is 0 Å². The molecule has 0 amide bonds. The smallest absolute Gasteiger partial charge is 0.186 e. The van der Waals surface area contributed by atoms with E-state index in [1.54, 1.807) is 0 Å². The van der Waals surface area contributed by atoms with Crippen molar-refractivity contribution in [1.29, 1.82) is 0 Å². The van der Waals surface area contributed by atoms with Gasteiger partial charge < -0.3 is 19.7 Å². The molecule has 0 radical (unpaired) electrons. The van der Waals surface area contributed by atoms with Crippen molar-refractivity contribution in [3.8, 4) is 0 Å². The third-order valence-electron chi connectivity index (χ3n) is 3.95. The number of aliphatic hydroxyl groups is 2. The van der Waals surface area contributed by atoms with Crippen LogP contribution in [0.5, 0.6) is 0 Å². The summed E-state index contributed by atoms with van der Waals surface area (Å²) in [5.41, 5.74) is 0. The van der Waals surface area contributed by atoms with Crippen LogP contribution in [-0.4, -0.2) is 52.9 Å². The SMILES string of the molecule is CCCSCC1O[C@@H]2OCCCCCC1[C@@H](O)C2O. The third-order valence-corrected chi connectivity index (χ3v) is 5.21. The zero-order chi connectivity index (χ0) is 13.7. The van der Waals surface area contributed by atoms with E-state index in [0.717, 1.165) is 43.6 Å². The Morgan fingerprint density at radius 2 is 2.00 bits per heavy atom. The lowest BCUT2D eigenvalue weighted by Gasteiger charge is -2.43. The molecular weight excluding hydrogens is 264 g/mol. The standard InChI is InChI=1S/C14H26O4S/c1-2-8-19-9-11-10-6-4-3-5-7-17-14(18-11)13(16)12(10)15/h10-16H,2-9H2,1H3/t10?,11?,12-,13?,14+/m1/s1. The first-order valence-corrected chi connectivity index (χ1v) is 8.60. The molecule has 3 aliphatic rings. The van der Waals surface area contributed by atoms with Crippen molar-refractivity contribution in [2.45, 2.75) is 63.6 Å². The zero-order valence-corrected chi connectivity index (χ0v) is 12.5. The second-order valence-corrected chi connectivity index (χ2v) is 6.63. The fourth-order valence-electron chi connectivity index (χ4n) is 2.85. The Labute approximate surface area is 119 Å². The summed E-state index contributed by atoms with van der Waals surface area (Å²) in [4.78, 5) is 0. The molecule has 0 aromatic heterocycles. The predicted molar refractivity (Wildman–Crippen MR) is 76.2 cm³/mol. The van der Waals surface area contributed by atoms with Crippen LogP contribution in [-0.2, 0) is 9.47 Å². The molecule has 0 saturated carbocycles. The maximum absolute atomic E-state index is 10.3. The Morgan fingerprint density at radius 1 is 1.16 bits per heavy atom. The highest BCUT2D eigenvalue weighted by Gasteiger charge is 2.44. The van der Waals surface area contributed by atoms with Crippen molar-refractivity contribution >= 4 is 11.8 Å². The van der Waals surface area contributed by atoms with Crippen LogP contribution in [0, 0.1) is 5.92 Å². The second kappa shape index (κ2) is 7.84. The van der Waals surface area contributed by atoms with Crippen LogP contribution in [0.15, 0.2) is 0 Å². The van der Waals surface area contributed by atoms with Crippen molar-refractivity contribution in [2.75, 3.05) is 18.1 Å². The van der Waals surface area contributed by atoms with Crippen LogP contribution < -0.4 is 0 Å². The van der Waals surface area contributed by atoms with E-state index in [2.05, 4.69) is 6.92 Å². The van der Waals surface area contributed by atoms with Crippen molar-refractivity contribution in [3.63, 3.8) is 0 Å². The molecule has 2 N–H and O–H groups in total. The molecule has 112 valence electrons. The molecule has 3 saturated heterocycles. The highest BCUT2D eigenvalue weighted by Crippen LogP contribution is 2.33. The molecule has 0 aromatic carbocycles. The summed E-state index contributed by atoms with van der Waals surface area (Å²) in [5, 5.41) is 20.4. The maximum Gasteiger partial charge on any atom is 0.186 e. The largest absolute Gasteiger partial charge is 0.390 e. The molecule has 2 bridgehead atoms. The Kier molecular flexibility index (Phi) is 6.42. The van der Waals surface area contributed by atoms with Crippen LogP contribution in [0.2, 0.25) is 0 Å². The van der Waals surface area contributed by atoms with E-state index in [9.17, 15) is 10.2 Å². The van der Waals surface area contributed by atoms with Gasteiger partial charge in [0, 0.05) is 18.3 Å². The number of ether oxygens (including phenoxy) is 2. The lowest BCUT2D eigenvalue weighted by atomic mass is 9.85. The molecule has 0 aliphatic carbocycles. The lowest BCUT2D eigenvalue weighted by Crippen LogP contribution is -2.56. The van der Waals surface area contributed by atoms with E-state index in [4.69, 9.17) is 9.47 Å². The molecular formula is C14H26O4S. The normalized spacial score (nSPS) is 40.3. The molecule has 5 atom stereocenters. The molecule has 3 unspecified atom stereocenters. The highest BCUT2D eigenvalue weighted by molar-refractivity contribution is 7.99. The van der Waals surface area contributed by atoms with E-state index in [1.165, 1.54) is 0 Å². The van der Waals surface area contributed by atoms with Crippen LogP contribution in [0.1, 0.15) is 39.0 Å². The van der Waals surface area contributed by atoms with Gasteiger partial charge in [0.15, 0.2) is 6.29 Å². The van der Waals surface area contributed by atoms with Crippen molar-refractivity contribution in [2.24, 2.45) is 5.92 Å². The van der Waals surface area contributed by atoms with Gasteiger partial charge in [0.1, 0.15) is 6.10 Å². The Morgan fingerprint density at radius 3 is 2.79 bits per heavy atom. The van der Waals surface area contributed by atoms with E-state index < -0.39 is 18.5 Å². The summed E-state index contributed by atoms with van der Waals surface area (Å²) in [6, 6.07) is 0. The van der Waals surface area contributed by atoms with Crippen LogP contribution in [0.25, 0.3) is 0 Å². The monoisotopic (exact) mass is 290 g/mol. The molecule has 19 heavy (non-hydrogen) atoms. The average Bonchev–Trinajstić information content (AvgIpc) is 2.42. The summed E-state index contributed by atoms with van der Waals surface area (Å²) in [7, 11) is 0. The third kappa shape index (κ3) is 4.08. The fraction of sp³-hybridized carbons (Fsp3) is 1.00. The van der Waals surface area contributed by atoms with Gasteiger partial charge in [0.25, 0.3) is 0 Å². The Balaban J connectivity index is 2.01. The minimum atomic E-state index is -0.907. The Bertz CT molecular complexity index is 262. The van der Waals surface area contributed by atoms with Gasteiger partial charge in [-0.15, -0.1) is 0 Å². The fourth-order valence-corrected chi connectivity index (χ4v) is 3.86. The Hall–Kier alpha value is 0.190. The predicted octanol–water partition coefficient (Wildman–Crippen LogP) is 1.78. The average molecular weight is 290 g/mol. The minimum absolute atomic E-state index is 0.00181. The summed E-state index contributed by atoms with van der Waals surface area (Å²) in [6.07, 6.45) is 3.00. The number of thioether (sulfide) groups is 1. The van der Waals surface area contributed by atoms with E-state index in [1.807, 2.05) is 11.8 Å². The van der Waals surface area contributed by atoms with Crippen molar-refractivity contribution in [1.82, 2.24) is 0 Å². The zero-order valence-electron chi connectivity index (χ0n) is 11.7. The van der Waals surface area contributed by atoms with Gasteiger partial charge in [-0.25, -0.2) is 0 Å². The number of hydrogen-bond donors (Lipinski definition) is 2. The van der Waals surface area contributed by atoms with Gasteiger partial charge in [-0.05, 0) is 25.0 Å². The summed E-state index contributed by atoms with van der Waals surface area (Å²) < 4.78 is 11.5. The molecule has 3 heterocycles. The topological polar surface area (TPSA) is 58.9 Å². The van der Waals surface area contributed by atoms with Gasteiger partial charge in [-0.1, -0.05) is 19.8 Å². The second-order valence-electron chi connectivity index (χ2n) is 5.48. The molecule has 3 fully saturated rings. The van der Waals surface area contributed by atoms with Gasteiger partial charge >= 0.3 is 0 Å². The number of hydrogen-bond acceptors (Lipinski definition) is 5. The van der Waals surface area contributed by atoms with Crippen molar-refractivity contribution < 1.29 is 19.7 Å². The maximum atomic E-state index is 10.3. The molecule has 0 spiro atoms. The van der Waals surface area contributed by atoms with Gasteiger partial charge in [-0.3, -0.25) is 0 Å². The van der Waals surface area contributed by atoms with Crippen molar-refractivity contribution in [3.05, 3.63) is 0 Å². The molecule has 0 aromatic rings. The molecule has 4 nitrogen and oxygen atoms in total. The molecule has 3 aliphatic heterocycles. The highest BCUT2D eigenvalue weighted by atomic mass is 32.2. The van der Waals surface area contributed by atoms with Gasteiger partial charge in [0.05, 0.1) is 12.2 Å². The van der Waals surface area contributed by atoms with Gasteiger partial charge in [-0.2, -0.15) is 11.8 Å². The first kappa shape index (κ1) is 15.6. The van der Waals surface area contributed by atoms with Crippen LogP contribution in [0.3, 0.4) is 0 Å².